The summed E-state index contributed by atoms with van der Waals surface area (Å²) >= 11 is 1.65. The predicted molar refractivity (Wildman–Crippen MR) is 74.1 cm³/mol. The number of hydrogen-bond acceptors (Lipinski definition) is 5. The molecule has 0 radical (unpaired) electrons. The van der Waals surface area contributed by atoms with Crippen LogP contribution in [0.15, 0.2) is 39.4 Å². The van der Waals surface area contributed by atoms with Crippen molar-refractivity contribution < 1.29 is 9.59 Å². The molecular formula is C12H12N4O2S. The van der Waals surface area contributed by atoms with E-state index < -0.39 is 17.7 Å². The second-order valence-corrected chi connectivity index (χ2v) is 4.62. The average Bonchev–Trinajstić information content (AvgIpc) is 2.86. The number of carbonyl (C=O) groups excluding carboxylic acids is 2. The van der Waals surface area contributed by atoms with Crippen LogP contribution in [0.1, 0.15) is 5.56 Å². The smallest absolute Gasteiger partial charge is 0.258 e. The van der Waals surface area contributed by atoms with E-state index in [-0.39, 0.29) is 0 Å². The lowest BCUT2D eigenvalue weighted by Crippen LogP contribution is -2.34. The summed E-state index contributed by atoms with van der Waals surface area (Å²) in [5.41, 5.74) is 5.36. The van der Waals surface area contributed by atoms with Crippen molar-refractivity contribution in [2.24, 2.45) is 16.1 Å². The first kappa shape index (κ1) is 13.3. The van der Waals surface area contributed by atoms with E-state index in [1.54, 1.807) is 11.8 Å². The van der Waals surface area contributed by atoms with Gasteiger partial charge in [-0.05, 0) is 24.0 Å². The van der Waals surface area contributed by atoms with Crippen molar-refractivity contribution in [3.05, 3.63) is 29.8 Å². The minimum atomic E-state index is -0.906. The molecular weight excluding hydrogens is 264 g/mol. The Morgan fingerprint density at radius 3 is 2.79 bits per heavy atom. The van der Waals surface area contributed by atoms with E-state index in [0.29, 0.717) is 0 Å². The predicted octanol–water partition coefficient (Wildman–Crippen LogP) is 0.590. The molecule has 2 amide bonds. The van der Waals surface area contributed by atoms with Crippen LogP contribution < -0.4 is 10.9 Å². The molecule has 1 aliphatic rings. The Kier molecular flexibility index (Phi) is 4.30. The summed E-state index contributed by atoms with van der Waals surface area (Å²) in [6.07, 6.45) is 4.77. The van der Waals surface area contributed by atoms with Gasteiger partial charge in [-0.2, -0.15) is 10.2 Å². The number of benzene rings is 1. The fraction of sp³-hybridized carbons (Fsp3) is 0.167. The Morgan fingerprint density at radius 1 is 1.47 bits per heavy atom. The van der Waals surface area contributed by atoms with E-state index in [2.05, 4.69) is 21.1 Å². The van der Waals surface area contributed by atoms with Crippen molar-refractivity contribution in [1.29, 1.82) is 0 Å². The van der Waals surface area contributed by atoms with Crippen LogP contribution in [-0.4, -0.2) is 30.5 Å². The number of rotatable bonds is 4. The van der Waals surface area contributed by atoms with Crippen LogP contribution in [0, 0.1) is 5.92 Å². The van der Waals surface area contributed by atoms with Crippen molar-refractivity contribution in [1.82, 2.24) is 10.9 Å². The van der Waals surface area contributed by atoms with Gasteiger partial charge in [0.05, 0.1) is 6.21 Å². The average molecular weight is 276 g/mol. The maximum absolute atomic E-state index is 11.6. The maximum Gasteiger partial charge on any atom is 0.258 e. The van der Waals surface area contributed by atoms with Gasteiger partial charge in [0.1, 0.15) is 0 Å². The zero-order valence-electron chi connectivity index (χ0n) is 10.2. The number of carbonyl (C=O) groups is 2. The van der Waals surface area contributed by atoms with Crippen LogP contribution in [0.4, 0.5) is 0 Å². The van der Waals surface area contributed by atoms with Gasteiger partial charge in [-0.15, -0.1) is 11.8 Å². The van der Waals surface area contributed by atoms with E-state index in [4.69, 9.17) is 0 Å². The van der Waals surface area contributed by atoms with E-state index in [0.717, 1.165) is 10.5 Å². The fourth-order valence-corrected chi connectivity index (χ4v) is 1.84. The molecule has 0 bridgehead atoms. The van der Waals surface area contributed by atoms with Crippen molar-refractivity contribution in [2.75, 3.05) is 6.26 Å². The molecule has 6 nitrogen and oxygen atoms in total. The number of hydrazone groups is 2. The normalized spacial score (nSPS) is 17.7. The minimum Gasteiger partial charge on any atom is -0.272 e. The second-order valence-electron chi connectivity index (χ2n) is 3.74. The van der Waals surface area contributed by atoms with Gasteiger partial charge in [0, 0.05) is 11.1 Å². The van der Waals surface area contributed by atoms with Crippen LogP contribution in [0.25, 0.3) is 0 Å². The summed E-state index contributed by atoms with van der Waals surface area (Å²) in [7, 11) is 0. The van der Waals surface area contributed by atoms with E-state index in [9.17, 15) is 9.59 Å². The van der Waals surface area contributed by atoms with Gasteiger partial charge in [-0.1, -0.05) is 12.1 Å². The Bertz CT molecular complexity index is 539. The van der Waals surface area contributed by atoms with Gasteiger partial charge < -0.3 is 0 Å². The highest BCUT2D eigenvalue weighted by atomic mass is 32.2. The SMILES string of the molecule is CSc1ccc(/C=N\NC(=O)[C@H]2C=NNC2=O)cc1. The lowest BCUT2D eigenvalue weighted by atomic mass is 10.1. The third kappa shape index (κ3) is 3.41. The third-order valence-electron chi connectivity index (χ3n) is 2.47. The molecule has 0 aliphatic carbocycles. The monoisotopic (exact) mass is 276 g/mol. The van der Waals surface area contributed by atoms with Crippen LogP contribution in [0.5, 0.6) is 0 Å². The molecule has 1 aromatic carbocycles. The largest absolute Gasteiger partial charge is 0.272 e. The first-order chi connectivity index (χ1) is 9.20. The summed E-state index contributed by atoms with van der Waals surface area (Å²) in [5.74, 6) is -1.86. The van der Waals surface area contributed by atoms with E-state index in [1.165, 1.54) is 12.4 Å². The van der Waals surface area contributed by atoms with Crippen LogP contribution in [-0.2, 0) is 9.59 Å². The zero-order chi connectivity index (χ0) is 13.7. The Morgan fingerprint density at radius 2 is 2.21 bits per heavy atom. The molecule has 1 heterocycles. The summed E-state index contributed by atoms with van der Waals surface area (Å²) in [6.45, 7) is 0. The molecule has 2 N–H and O–H groups in total. The van der Waals surface area contributed by atoms with Crippen LogP contribution in [0.3, 0.4) is 0 Å². The van der Waals surface area contributed by atoms with Gasteiger partial charge >= 0.3 is 0 Å². The van der Waals surface area contributed by atoms with Crippen molar-refractivity contribution in [3.8, 4) is 0 Å². The molecule has 0 unspecified atom stereocenters. The molecule has 7 heteroatoms. The standard InChI is InChI=1S/C12H12N4O2S/c1-19-9-4-2-8(3-5-9)6-13-15-11(17)10-7-14-16-12(10)18/h2-7,10H,1H3,(H,15,17)(H,16,18)/b13-6-/t10-/m1/s1. The lowest BCUT2D eigenvalue weighted by molar-refractivity contribution is -0.131. The summed E-state index contributed by atoms with van der Waals surface area (Å²) in [5, 5.41) is 7.32. The van der Waals surface area contributed by atoms with Crippen molar-refractivity contribution in [2.45, 2.75) is 4.90 Å². The van der Waals surface area contributed by atoms with Gasteiger partial charge in [0.2, 0.25) is 0 Å². The van der Waals surface area contributed by atoms with E-state index >= 15 is 0 Å². The van der Waals surface area contributed by atoms with Gasteiger partial charge in [0.15, 0.2) is 5.92 Å². The molecule has 19 heavy (non-hydrogen) atoms. The first-order valence-electron chi connectivity index (χ1n) is 5.50. The number of nitrogens with zero attached hydrogens (tertiary/aromatic N) is 2. The minimum absolute atomic E-state index is 0.447. The van der Waals surface area contributed by atoms with Crippen LogP contribution in [0.2, 0.25) is 0 Å². The molecule has 0 aromatic heterocycles. The van der Waals surface area contributed by atoms with Gasteiger partial charge in [-0.3, -0.25) is 9.59 Å². The molecule has 2 rings (SSSR count). The molecule has 0 fully saturated rings. The van der Waals surface area contributed by atoms with Crippen molar-refractivity contribution in [3.63, 3.8) is 0 Å². The number of thioether (sulfide) groups is 1. The number of amides is 2. The third-order valence-corrected chi connectivity index (χ3v) is 3.21. The highest BCUT2D eigenvalue weighted by Gasteiger charge is 2.28. The van der Waals surface area contributed by atoms with Crippen molar-refractivity contribution >= 4 is 36.0 Å². The molecule has 98 valence electrons. The second kappa shape index (κ2) is 6.14. The Labute approximate surface area is 114 Å². The zero-order valence-corrected chi connectivity index (χ0v) is 11.0. The molecule has 0 spiro atoms. The highest BCUT2D eigenvalue weighted by Crippen LogP contribution is 2.13. The van der Waals surface area contributed by atoms with Crippen LogP contribution >= 0.6 is 11.8 Å². The summed E-state index contributed by atoms with van der Waals surface area (Å²) < 4.78 is 0. The number of nitrogens with one attached hydrogen (secondary N) is 2. The summed E-state index contributed by atoms with van der Waals surface area (Å²) in [6, 6.07) is 7.71. The lowest BCUT2D eigenvalue weighted by Gasteiger charge is -2.02. The molecule has 1 aliphatic heterocycles. The maximum atomic E-state index is 11.6. The van der Waals surface area contributed by atoms with Gasteiger partial charge in [-0.25, -0.2) is 10.9 Å². The molecule has 0 saturated heterocycles. The molecule has 1 aromatic rings. The Balaban J connectivity index is 1.90. The number of hydrogen-bond donors (Lipinski definition) is 2. The topological polar surface area (TPSA) is 82.9 Å². The molecule has 1 atom stereocenters. The Hall–Kier alpha value is -2.15. The van der Waals surface area contributed by atoms with E-state index in [1.807, 2.05) is 30.5 Å². The molecule has 0 saturated carbocycles. The van der Waals surface area contributed by atoms with Gasteiger partial charge in [0.25, 0.3) is 11.8 Å². The first-order valence-corrected chi connectivity index (χ1v) is 6.73. The summed E-state index contributed by atoms with van der Waals surface area (Å²) in [4.78, 5) is 23.9. The quantitative estimate of drug-likeness (QED) is 0.365. The fourth-order valence-electron chi connectivity index (χ4n) is 1.43. The highest BCUT2D eigenvalue weighted by molar-refractivity contribution is 7.98.